The van der Waals surface area contributed by atoms with Gasteiger partial charge in [-0.05, 0) is 43.9 Å². The van der Waals surface area contributed by atoms with Gasteiger partial charge in [0.2, 0.25) is 5.91 Å². The number of carbonyl (C=O) groups excluding carboxylic acids is 2. The molecule has 2 amide bonds. The van der Waals surface area contributed by atoms with Gasteiger partial charge in [0.05, 0.1) is 6.54 Å². The maximum atomic E-state index is 14.4. The van der Waals surface area contributed by atoms with E-state index in [1.165, 1.54) is 12.5 Å². The Kier molecular flexibility index (Phi) is 6.66. The fourth-order valence-electron chi connectivity index (χ4n) is 5.43. The van der Waals surface area contributed by atoms with Gasteiger partial charge in [-0.15, -0.1) is 0 Å². The second-order valence-corrected chi connectivity index (χ2v) is 9.68. The predicted octanol–water partition coefficient (Wildman–Crippen LogP) is 5.13. The van der Waals surface area contributed by atoms with Crippen LogP contribution in [0.25, 0.3) is 10.9 Å². The molecule has 6 heteroatoms. The van der Waals surface area contributed by atoms with Crippen LogP contribution in [-0.4, -0.2) is 40.4 Å². The van der Waals surface area contributed by atoms with Crippen LogP contribution in [0.1, 0.15) is 61.0 Å². The van der Waals surface area contributed by atoms with Crippen LogP contribution in [0.15, 0.2) is 54.6 Å². The van der Waals surface area contributed by atoms with Crippen molar-refractivity contribution in [3.05, 3.63) is 71.7 Å². The van der Waals surface area contributed by atoms with E-state index >= 15 is 0 Å². The molecule has 5 rings (SSSR count). The van der Waals surface area contributed by atoms with E-state index in [0.29, 0.717) is 30.9 Å². The molecule has 2 fully saturated rings. The second-order valence-electron chi connectivity index (χ2n) is 9.68. The Morgan fingerprint density at radius 1 is 0.912 bits per heavy atom. The maximum Gasteiger partial charge on any atom is 0.270 e. The highest BCUT2D eigenvalue weighted by Gasteiger charge is 2.29. The molecule has 1 aliphatic heterocycles. The summed E-state index contributed by atoms with van der Waals surface area (Å²) in [4.78, 5) is 28.1. The molecule has 1 saturated heterocycles. The number of fused-ring (bicyclic) bond motifs is 1. The maximum absolute atomic E-state index is 14.4. The van der Waals surface area contributed by atoms with Crippen molar-refractivity contribution in [3.8, 4) is 0 Å². The molecule has 1 N–H and O–H groups in total. The van der Waals surface area contributed by atoms with Crippen molar-refractivity contribution in [3.63, 3.8) is 0 Å². The zero-order chi connectivity index (χ0) is 23.5. The summed E-state index contributed by atoms with van der Waals surface area (Å²) in [5, 5.41) is 4.21. The molecule has 0 bridgehead atoms. The van der Waals surface area contributed by atoms with Crippen molar-refractivity contribution in [2.45, 2.75) is 57.5 Å². The van der Waals surface area contributed by atoms with E-state index in [9.17, 15) is 14.0 Å². The second kappa shape index (κ2) is 10.00. The average molecular weight is 462 g/mol. The third-order valence-corrected chi connectivity index (χ3v) is 7.42. The lowest BCUT2D eigenvalue weighted by Gasteiger charge is -2.33. The van der Waals surface area contributed by atoms with Crippen LogP contribution >= 0.6 is 0 Å². The van der Waals surface area contributed by atoms with Gasteiger partial charge in [0.15, 0.2) is 0 Å². The third kappa shape index (κ3) is 4.72. The largest absolute Gasteiger partial charge is 0.353 e. The molecule has 0 radical (unpaired) electrons. The van der Waals surface area contributed by atoms with Crippen molar-refractivity contribution >= 4 is 22.7 Å². The van der Waals surface area contributed by atoms with Crippen LogP contribution in [0.2, 0.25) is 0 Å². The van der Waals surface area contributed by atoms with Gasteiger partial charge in [-0.3, -0.25) is 9.59 Å². The van der Waals surface area contributed by atoms with Gasteiger partial charge >= 0.3 is 0 Å². The molecule has 1 aromatic heterocycles. The molecule has 2 heterocycles. The van der Waals surface area contributed by atoms with Gasteiger partial charge in [0.25, 0.3) is 5.91 Å². The van der Waals surface area contributed by atoms with E-state index in [4.69, 9.17) is 0 Å². The minimum Gasteiger partial charge on any atom is -0.353 e. The van der Waals surface area contributed by atoms with Crippen LogP contribution in [0.5, 0.6) is 0 Å². The van der Waals surface area contributed by atoms with Gasteiger partial charge in [-0.1, -0.05) is 55.7 Å². The van der Waals surface area contributed by atoms with Crippen molar-refractivity contribution in [2.24, 2.45) is 5.92 Å². The summed E-state index contributed by atoms with van der Waals surface area (Å²) < 4.78 is 16.3. The van der Waals surface area contributed by atoms with E-state index in [2.05, 4.69) is 5.32 Å². The van der Waals surface area contributed by atoms with Gasteiger partial charge in [-0.25, -0.2) is 4.39 Å². The first kappa shape index (κ1) is 22.6. The predicted molar refractivity (Wildman–Crippen MR) is 131 cm³/mol. The number of halogens is 1. The average Bonchev–Trinajstić information content (AvgIpc) is 3.24. The summed E-state index contributed by atoms with van der Waals surface area (Å²) in [6.45, 7) is 1.51. The third-order valence-electron chi connectivity index (χ3n) is 7.42. The van der Waals surface area contributed by atoms with Crippen LogP contribution in [0.4, 0.5) is 4.39 Å². The first-order valence-corrected chi connectivity index (χ1v) is 12.5. The number of nitrogens with zero attached hydrogens (tertiary/aromatic N) is 2. The number of likely N-dealkylation sites (tertiary alicyclic amines) is 1. The van der Waals surface area contributed by atoms with E-state index in [1.807, 2.05) is 45.9 Å². The summed E-state index contributed by atoms with van der Waals surface area (Å²) in [5.74, 6) is 0.0368. The minimum atomic E-state index is -0.270. The van der Waals surface area contributed by atoms with E-state index in [1.54, 1.807) is 12.1 Å². The quantitative estimate of drug-likeness (QED) is 0.573. The molecular formula is C28H32FN3O2. The van der Waals surface area contributed by atoms with Crippen molar-refractivity contribution in [1.29, 1.82) is 0 Å². The molecule has 2 aliphatic rings. The number of piperidine rings is 1. The number of nitrogens with one attached hydrogen (secondary N) is 1. The molecule has 2 aromatic carbocycles. The lowest BCUT2D eigenvalue weighted by molar-refractivity contribution is -0.126. The summed E-state index contributed by atoms with van der Waals surface area (Å²) in [5.41, 5.74) is 2.06. The Bertz CT molecular complexity index is 1170. The lowest BCUT2D eigenvalue weighted by Crippen LogP contribution is -2.48. The van der Waals surface area contributed by atoms with E-state index in [-0.39, 0.29) is 29.6 Å². The fraction of sp³-hybridized carbons (Fsp3) is 0.429. The van der Waals surface area contributed by atoms with Gasteiger partial charge in [0, 0.05) is 41.5 Å². The number of benzene rings is 2. The summed E-state index contributed by atoms with van der Waals surface area (Å²) >= 11 is 0. The van der Waals surface area contributed by atoms with Crippen LogP contribution in [0, 0.1) is 11.7 Å². The number of hydrogen-bond donors (Lipinski definition) is 1. The number of rotatable bonds is 5. The SMILES string of the molecule is O=C(NC1CCN(C(=O)c2cc3ccccc3n2Cc2ccccc2F)CC1)C1CCCCC1. The van der Waals surface area contributed by atoms with Gasteiger partial charge in [-0.2, -0.15) is 0 Å². The first-order chi connectivity index (χ1) is 16.6. The Hall–Kier alpha value is -3.15. The molecule has 0 unspecified atom stereocenters. The zero-order valence-electron chi connectivity index (χ0n) is 19.5. The summed E-state index contributed by atoms with van der Waals surface area (Å²) in [7, 11) is 0. The highest BCUT2D eigenvalue weighted by molar-refractivity contribution is 5.99. The Morgan fingerprint density at radius 3 is 2.38 bits per heavy atom. The zero-order valence-corrected chi connectivity index (χ0v) is 19.5. The molecule has 0 spiro atoms. The smallest absolute Gasteiger partial charge is 0.270 e. The Labute approximate surface area is 199 Å². The lowest BCUT2D eigenvalue weighted by atomic mass is 9.88. The monoisotopic (exact) mass is 461 g/mol. The molecule has 1 saturated carbocycles. The molecular weight excluding hydrogens is 429 g/mol. The van der Waals surface area contributed by atoms with E-state index in [0.717, 1.165) is 49.4 Å². The van der Waals surface area contributed by atoms with E-state index < -0.39 is 0 Å². The standard InChI is InChI=1S/C28H32FN3O2/c29-24-12-6-4-11-22(24)19-32-25-13-7-5-10-21(25)18-26(32)28(34)31-16-14-23(15-17-31)30-27(33)20-8-2-1-3-9-20/h4-7,10-13,18,20,23H,1-3,8-9,14-17,19H2,(H,30,33). The highest BCUT2D eigenvalue weighted by atomic mass is 19.1. The van der Waals surface area contributed by atoms with Crippen LogP contribution in [-0.2, 0) is 11.3 Å². The molecule has 1 aliphatic carbocycles. The highest BCUT2D eigenvalue weighted by Crippen LogP contribution is 2.26. The molecule has 0 atom stereocenters. The number of aromatic nitrogens is 1. The van der Waals surface area contributed by atoms with Crippen molar-refractivity contribution in [2.75, 3.05) is 13.1 Å². The van der Waals surface area contributed by atoms with Gasteiger partial charge < -0.3 is 14.8 Å². The Balaban J connectivity index is 1.29. The topological polar surface area (TPSA) is 54.3 Å². The normalized spacial score (nSPS) is 17.7. The molecule has 3 aromatic rings. The summed E-state index contributed by atoms with van der Waals surface area (Å²) in [6, 6.07) is 16.6. The number of carbonyl (C=O) groups is 2. The molecule has 5 nitrogen and oxygen atoms in total. The van der Waals surface area contributed by atoms with Crippen molar-refractivity contribution < 1.29 is 14.0 Å². The fourth-order valence-corrected chi connectivity index (χ4v) is 5.43. The van der Waals surface area contributed by atoms with Gasteiger partial charge in [0.1, 0.15) is 11.5 Å². The first-order valence-electron chi connectivity index (χ1n) is 12.5. The van der Waals surface area contributed by atoms with Crippen LogP contribution < -0.4 is 5.32 Å². The van der Waals surface area contributed by atoms with Crippen molar-refractivity contribution in [1.82, 2.24) is 14.8 Å². The summed E-state index contributed by atoms with van der Waals surface area (Å²) in [6.07, 6.45) is 7.04. The number of para-hydroxylation sites is 1. The minimum absolute atomic E-state index is 0.0374. The van der Waals surface area contributed by atoms with Crippen LogP contribution in [0.3, 0.4) is 0 Å². The number of amides is 2. The molecule has 178 valence electrons. The molecule has 34 heavy (non-hydrogen) atoms. The number of hydrogen-bond acceptors (Lipinski definition) is 2. The Morgan fingerprint density at radius 2 is 1.62 bits per heavy atom.